The molecule has 76 valence electrons. The van der Waals surface area contributed by atoms with Gasteiger partial charge >= 0.3 is 0 Å². The van der Waals surface area contributed by atoms with E-state index in [4.69, 9.17) is 5.11 Å². The van der Waals surface area contributed by atoms with Gasteiger partial charge in [0, 0.05) is 5.69 Å². The normalized spacial score (nSPS) is 12.1. The number of carbonyl (C=O) groups excluding carboxylic acids is 1. The van der Waals surface area contributed by atoms with Crippen LogP contribution < -0.4 is 5.32 Å². The summed E-state index contributed by atoms with van der Waals surface area (Å²) in [5, 5.41) is 11.4. The summed E-state index contributed by atoms with van der Waals surface area (Å²) in [5.41, 5.74) is 0.642. The van der Waals surface area contributed by atoms with Crippen LogP contribution in [0.4, 0.5) is 10.1 Å². The number of aliphatic hydroxyl groups excluding tert-OH is 1. The van der Waals surface area contributed by atoms with Crippen LogP contribution in [0.1, 0.15) is 6.42 Å². The second-order valence-electron chi connectivity index (χ2n) is 2.93. The summed E-state index contributed by atoms with van der Waals surface area (Å²) < 4.78 is 11.9. The van der Waals surface area contributed by atoms with Crippen molar-refractivity contribution in [3.8, 4) is 0 Å². The number of aliphatic hydroxyl groups is 1. The Balaban J connectivity index is 2.42. The van der Waals surface area contributed by atoms with Crippen molar-refractivity contribution in [2.75, 3.05) is 12.0 Å². The number of benzene rings is 1. The topological polar surface area (TPSA) is 49.3 Å². The maximum Gasteiger partial charge on any atom is 0.227 e. The van der Waals surface area contributed by atoms with Crippen LogP contribution in [0, 0.1) is 0 Å². The van der Waals surface area contributed by atoms with Crippen molar-refractivity contribution in [2.24, 2.45) is 0 Å². The van der Waals surface area contributed by atoms with Crippen molar-refractivity contribution >= 4 is 11.6 Å². The van der Waals surface area contributed by atoms with Crippen LogP contribution in [0.2, 0.25) is 0 Å². The molecule has 2 N–H and O–H groups in total. The summed E-state index contributed by atoms with van der Waals surface area (Å²) in [4.78, 5) is 11.1. The molecule has 0 saturated carbocycles. The van der Waals surface area contributed by atoms with Gasteiger partial charge in [-0.25, -0.2) is 4.39 Å². The second kappa shape index (κ2) is 5.34. The molecule has 0 heterocycles. The van der Waals surface area contributed by atoms with Gasteiger partial charge in [0.25, 0.3) is 0 Å². The maximum absolute atomic E-state index is 11.9. The third kappa shape index (κ3) is 3.53. The molecule has 1 atom stereocenters. The third-order valence-electron chi connectivity index (χ3n) is 1.66. The van der Waals surface area contributed by atoms with E-state index in [0.717, 1.165) is 0 Å². The molecule has 0 aliphatic heterocycles. The summed E-state index contributed by atoms with van der Waals surface area (Å²) in [5.74, 6) is -0.388. The Kier molecular flexibility index (Phi) is 4.07. The first-order chi connectivity index (χ1) is 6.72. The summed E-state index contributed by atoms with van der Waals surface area (Å²) in [6.45, 7) is -0.901. The van der Waals surface area contributed by atoms with Crippen LogP contribution in [-0.2, 0) is 4.79 Å². The molecule has 4 heteroatoms. The minimum Gasteiger partial charge on any atom is -0.390 e. The van der Waals surface area contributed by atoms with Gasteiger partial charge in [-0.2, -0.15) is 0 Å². The molecular weight excluding hydrogens is 185 g/mol. The molecule has 0 bridgehead atoms. The van der Waals surface area contributed by atoms with E-state index < -0.39 is 12.8 Å². The minimum atomic E-state index is -1.21. The second-order valence-corrected chi connectivity index (χ2v) is 2.93. The van der Waals surface area contributed by atoms with Gasteiger partial charge < -0.3 is 10.4 Å². The predicted molar refractivity (Wildman–Crippen MR) is 51.7 cm³/mol. The molecule has 0 fully saturated rings. The Bertz CT molecular complexity index is 289. The van der Waals surface area contributed by atoms with Gasteiger partial charge in [0.2, 0.25) is 5.91 Å². The monoisotopic (exact) mass is 197 g/mol. The molecule has 0 saturated heterocycles. The Morgan fingerprint density at radius 2 is 2.07 bits per heavy atom. The van der Waals surface area contributed by atoms with E-state index in [0.29, 0.717) is 5.69 Å². The van der Waals surface area contributed by atoms with Gasteiger partial charge in [-0.05, 0) is 12.1 Å². The first kappa shape index (κ1) is 10.7. The van der Waals surface area contributed by atoms with Crippen LogP contribution in [0.5, 0.6) is 0 Å². The number of amides is 1. The number of para-hydroxylation sites is 1. The molecular formula is C10H12FNO2. The number of alkyl halides is 1. The largest absolute Gasteiger partial charge is 0.390 e. The first-order valence-electron chi connectivity index (χ1n) is 4.31. The lowest BCUT2D eigenvalue weighted by Crippen LogP contribution is -2.20. The number of anilines is 1. The van der Waals surface area contributed by atoms with E-state index in [-0.39, 0.29) is 12.3 Å². The predicted octanol–water partition coefficient (Wildman–Crippen LogP) is 1.35. The Labute approximate surface area is 81.6 Å². The van der Waals surface area contributed by atoms with E-state index >= 15 is 0 Å². The highest BCUT2D eigenvalue weighted by atomic mass is 19.1. The van der Waals surface area contributed by atoms with Crippen molar-refractivity contribution in [2.45, 2.75) is 12.5 Å². The van der Waals surface area contributed by atoms with Crippen molar-refractivity contribution in [3.63, 3.8) is 0 Å². The quantitative estimate of drug-likeness (QED) is 0.765. The molecule has 14 heavy (non-hydrogen) atoms. The maximum atomic E-state index is 11.9. The van der Waals surface area contributed by atoms with Crippen LogP contribution in [0.3, 0.4) is 0 Å². The lowest BCUT2D eigenvalue weighted by molar-refractivity contribution is -0.118. The summed E-state index contributed by atoms with van der Waals surface area (Å²) in [6, 6.07) is 8.83. The summed E-state index contributed by atoms with van der Waals surface area (Å²) in [6.07, 6.45) is -1.43. The molecule has 1 aromatic carbocycles. The number of rotatable bonds is 4. The Hall–Kier alpha value is -1.42. The molecule has 1 unspecified atom stereocenters. The molecule has 1 amide bonds. The first-order valence-corrected chi connectivity index (χ1v) is 4.31. The molecule has 1 rings (SSSR count). The number of hydrogen-bond donors (Lipinski definition) is 2. The Morgan fingerprint density at radius 1 is 1.43 bits per heavy atom. The van der Waals surface area contributed by atoms with Gasteiger partial charge in [0.15, 0.2) is 0 Å². The zero-order valence-corrected chi connectivity index (χ0v) is 7.61. The molecule has 0 aromatic heterocycles. The number of hydrogen-bond acceptors (Lipinski definition) is 2. The highest BCUT2D eigenvalue weighted by Gasteiger charge is 2.09. The average Bonchev–Trinajstić information content (AvgIpc) is 2.19. The molecule has 3 nitrogen and oxygen atoms in total. The zero-order valence-electron chi connectivity index (χ0n) is 7.61. The van der Waals surface area contributed by atoms with Crippen molar-refractivity contribution in [1.29, 1.82) is 0 Å². The lowest BCUT2D eigenvalue weighted by Gasteiger charge is -2.06. The number of carbonyl (C=O) groups is 1. The van der Waals surface area contributed by atoms with Gasteiger partial charge in [0.05, 0.1) is 12.5 Å². The van der Waals surface area contributed by atoms with Crippen LogP contribution >= 0.6 is 0 Å². The fourth-order valence-corrected chi connectivity index (χ4v) is 1.00. The van der Waals surface area contributed by atoms with Gasteiger partial charge in [-0.3, -0.25) is 4.79 Å². The highest BCUT2D eigenvalue weighted by Crippen LogP contribution is 2.06. The molecule has 0 aliphatic carbocycles. The fraction of sp³-hybridized carbons (Fsp3) is 0.300. The van der Waals surface area contributed by atoms with E-state index in [1.165, 1.54) is 0 Å². The van der Waals surface area contributed by atoms with E-state index in [1.807, 2.05) is 6.07 Å². The van der Waals surface area contributed by atoms with Crippen molar-refractivity contribution in [3.05, 3.63) is 30.3 Å². The number of nitrogens with one attached hydrogen (secondary N) is 1. The standard InChI is InChI=1S/C10H12FNO2/c11-7-9(13)6-10(14)12-8-4-2-1-3-5-8/h1-5,9,13H,6-7H2,(H,12,14). The van der Waals surface area contributed by atoms with Crippen LogP contribution in [-0.4, -0.2) is 23.8 Å². The fourth-order valence-electron chi connectivity index (χ4n) is 1.00. The van der Waals surface area contributed by atoms with E-state index in [1.54, 1.807) is 24.3 Å². The van der Waals surface area contributed by atoms with Crippen molar-refractivity contribution < 1.29 is 14.3 Å². The van der Waals surface area contributed by atoms with Gasteiger partial charge in [0.1, 0.15) is 6.67 Å². The van der Waals surface area contributed by atoms with Gasteiger partial charge in [-0.1, -0.05) is 18.2 Å². The average molecular weight is 197 g/mol. The van der Waals surface area contributed by atoms with E-state index in [9.17, 15) is 9.18 Å². The molecule has 0 spiro atoms. The lowest BCUT2D eigenvalue weighted by atomic mass is 10.2. The summed E-state index contributed by atoms with van der Waals surface area (Å²) in [7, 11) is 0. The molecule has 1 aromatic rings. The van der Waals surface area contributed by atoms with Crippen LogP contribution in [0.25, 0.3) is 0 Å². The van der Waals surface area contributed by atoms with Crippen LogP contribution in [0.15, 0.2) is 30.3 Å². The highest BCUT2D eigenvalue weighted by molar-refractivity contribution is 5.90. The smallest absolute Gasteiger partial charge is 0.227 e. The third-order valence-corrected chi connectivity index (χ3v) is 1.66. The van der Waals surface area contributed by atoms with Gasteiger partial charge in [-0.15, -0.1) is 0 Å². The summed E-state index contributed by atoms with van der Waals surface area (Å²) >= 11 is 0. The molecule has 0 aliphatic rings. The SMILES string of the molecule is O=C(CC(O)CF)Nc1ccccc1. The molecule has 0 radical (unpaired) electrons. The Morgan fingerprint density at radius 3 is 2.64 bits per heavy atom. The minimum absolute atomic E-state index is 0.217. The number of halogens is 1. The van der Waals surface area contributed by atoms with E-state index in [2.05, 4.69) is 5.32 Å². The van der Waals surface area contributed by atoms with Crippen molar-refractivity contribution in [1.82, 2.24) is 0 Å². The zero-order chi connectivity index (χ0) is 10.4.